The van der Waals surface area contributed by atoms with Crippen molar-refractivity contribution in [1.29, 1.82) is 0 Å². The van der Waals surface area contributed by atoms with Crippen molar-refractivity contribution in [3.05, 3.63) is 72.3 Å². The van der Waals surface area contributed by atoms with E-state index in [1.807, 2.05) is 6.07 Å². The molecule has 2 bridgehead atoms. The second-order valence-electron chi connectivity index (χ2n) is 9.45. The van der Waals surface area contributed by atoms with Crippen LogP contribution < -0.4 is 0 Å². The molecule has 9 nitrogen and oxygen atoms in total. The van der Waals surface area contributed by atoms with E-state index in [1.165, 1.54) is 43.4 Å². The van der Waals surface area contributed by atoms with E-state index in [0.717, 1.165) is 25.0 Å². The molecule has 38 heavy (non-hydrogen) atoms. The van der Waals surface area contributed by atoms with E-state index < -0.39 is 30.0 Å². The first-order valence-corrected chi connectivity index (χ1v) is 15.8. The summed E-state index contributed by atoms with van der Waals surface area (Å²) in [7, 11) is -5.28. The van der Waals surface area contributed by atoms with Gasteiger partial charge in [-0.05, 0) is 44.0 Å². The van der Waals surface area contributed by atoms with Gasteiger partial charge in [0.25, 0.3) is 20.2 Å². The van der Waals surface area contributed by atoms with Gasteiger partial charge in [0, 0.05) is 22.9 Å². The predicted octanol–water partition coefficient (Wildman–Crippen LogP) is 4.31. The first kappa shape index (κ1) is 28.9. The van der Waals surface area contributed by atoms with E-state index in [-0.39, 0.29) is 26.1 Å². The number of esters is 1. The quantitative estimate of drug-likeness (QED) is 0.180. The molecule has 2 aliphatic rings. The first-order valence-electron chi connectivity index (χ1n) is 11.8. The number of nitrogens with zero attached hydrogens (tertiary/aromatic N) is 1. The number of hydrogen-bond donors (Lipinski definition) is 2. The highest BCUT2D eigenvalue weighted by Gasteiger charge is 2.57. The third kappa shape index (κ3) is 5.47. The van der Waals surface area contributed by atoms with Crippen LogP contribution in [0.3, 0.4) is 0 Å². The highest BCUT2D eigenvalue weighted by atomic mass is 127. The van der Waals surface area contributed by atoms with Gasteiger partial charge < -0.3 is 4.74 Å². The number of methoxy groups -OCH3 is 1. The highest BCUT2D eigenvalue weighted by molar-refractivity contribution is 14.1. The molecular formula is C26H28INO8S2. The minimum Gasteiger partial charge on any atom is -0.469 e. The average Bonchev–Trinajstić information content (AvgIpc) is 3.12. The lowest BCUT2D eigenvalue weighted by Gasteiger charge is -2.47. The molecule has 12 heteroatoms. The van der Waals surface area contributed by atoms with E-state index in [2.05, 4.69) is 58.8 Å². The van der Waals surface area contributed by atoms with Crippen LogP contribution in [0.2, 0.25) is 0 Å². The zero-order valence-electron chi connectivity index (χ0n) is 20.7. The van der Waals surface area contributed by atoms with Crippen molar-refractivity contribution in [2.75, 3.05) is 14.2 Å². The Morgan fingerprint density at radius 3 is 1.89 bits per heavy atom. The lowest BCUT2D eigenvalue weighted by Crippen LogP contribution is -2.55. The highest BCUT2D eigenvalue weighted by Crippen LogP contribution is 2.54. The maximum absolute atomic E-state index is 12.4. The van der Waals surface area contributed by atoms with Gasteiger partial charge >= 0.3 is 5.97 Å². The van der Waals surface area contributed by atoms with E-state index >= 15 is 0 Å². The van der Waals surface area contributed by atoms with Crippen molar-refractivity contribution < 1.29 is 35.5 Å². The van der Waals surface area contributed by atoms with Crippen LogP contribution in [0.15, 0.2) is 76.5 Å². The molecule has 3 aromatic carbocycles. The lowest BCUT2D eigenvalue weighted by atomic mass is 9.76. The van der Waals surface area contributed by atoms with Crippen molar-refractivity contribution in [3.63, 3.8) is 0 Å². The number of fused-ring (bicyclic) bond motifs is 3. The van der Waals surface area contributed by atoms with Crippen LogP contribution in [0.5, 0.6) is 0 Å². The van der Waals surface area contributed by atoms with Crippen molar-refractivity contribution in [2.45, 2.75) is 44.6 Å². The summed E-state index contributed by atoms with van der Waals surface area (Å²) in [5.41, 5.74) is 1.25. The van der Waals surface area contributed by atoms with Gasteiger partial charge in [-0.1, -0.05) is 77.2 Å². The van der Waals surface area contributed by atoms with Gasteiger partial charge in [-0.25, -0.2) is 0 Å². The fourth-order valence-electron chi connectivity index (χ4n) is 5.65. The molecule has 2 heterocycles. The Labute approximate surface area is 235 Å². The van der Waals surface area contributed by atoms with E-state index in [1.54, 1.807) is 0 Å². The van der Waals surface area contributed by atoms with Crippen molar-refractivity contribution in [2.24, 2.45) is 5.92 Å². The Bertz CT molecular complexity index is 1490. The second-order valence-corrected chi connectivity index (χ2v) is 14.2. The van der Waals surface area contributed by atoms with Crippen LogP contribution >= 0.6 is 22.6 Å². The zero-order chi connectivity index (χ0) is 27.9. The van der Waals surface area contributed by atoms with E-state index in [9.17, 15) is 21.6 Å². The van der Waals surface area contributed by atoms with Gasteiger partial charge in [0.05, 0.1) is 16.4 Å². The summed E-state index contributed by atoms with van der Waals surface area (Å²) in [6.07, 6.45) is 3.30. The topological polar surface area (TPSA) is 138 Å². The van der Waals surface area contributed by atoms with E-state index in [0.29, 0.717) is 12.1 Å². The van der Waals surface area contributed by atoms with Crippen LogP contribution in [0.25, 0.3) is 10.8 Å². The molecule has 3 aromatic rings. The number of benzene rings is 3. The summed E-state index contributed by atoms with van der Waals surface area (Å²) in [5.74, 6) is -0.153. The van der Waals surface area contributed by atoms with E-state index in [4.69, 9.17) is 13.8 Å². The SMILES string of the molecule is COC(=O)[C@H]1C2CCC(C[C@@]1(I)c1ccccc1)N2C.O=S(=O)(O)c1cccc2c(S(=O)(=O)O)cccc12. The molecule has 2 fully saturated rings. The fourth-order valence-corrected chi connectivity index (χ4v) is 8.60. The fraction of sp³-hybridized carbons (Fsp3) is 0.346. The Kier molecular flexibility index (Phi) is 8.22. The molecule has 0 saturated carbocycles. The molecule has 4 atom stereocenters. The Balaban J connectivity index is 0.000000178. The van der Waals surface area contributed by atoms with Gasteiger partial charge in [0.1, 0.15) is 9.79 Å². The smallest absolute Gasteiger partial charge is 0.311 e. The number of ether oxygens (including phenoxy) is 1. The molecule has 0 aliphatic carbocycles. The van der Waals surface area contributed by atoms with Crippen LogP contribution in [-0.2, 0) is 33.2 Å². The van der Waals surface area contributed by atoms with Crippen LogP contribution in [0, 0.1) is 5.92 Å². The number of halogens is 1. The van der Waals surface area contributed by atoms with Crippen LogP contribution in [0.4, 0.5) is 0 Å². The molecule has 2 aliphatic heterocycles. The second kappa shape index (κ2) is 10.8. The maximum atomic E-state index is 12.4. The van der Waals surface area contributed by atoms with Crippen molar-refractivity contribution in [3.8, 4) is 0 Å². The Morgan fingerprint density at radius 2 is 1.42 bits per heavy atom. The Hall–Kier alpha value is -2.10. The molecule has 204 valence electrons. The van der Waals surface area contributed by atoms with Gasteiger partial charge in [0.15, 0.2) is 0 Å². The molecule has 2 N–H and O–H groups in total. The minimum atomic E-state index is -4.47. The molecule has 0 aromatic heterocycles. The minimum absolute atomic E-state index is 0.0233. The predicted molar refractivity (Wildman–Crippen MR) is 150 cm³/mol. The normalized spacial score (nSPS) is 25.4. The zero-order valence-corrected chi connectivity index (χ0v) is 24.5. The van der Waals surface area contributed by atoms with Gasteiger partial charge in [-0.3, -0.25) is 18.8 Å². The number of alkyl halides is 1. The summed E-state index contributed by atoms with van der Waals surface area (Å²) in [6, 6.07) is 18.9. The molecule has 2 saturated heterocycles. The molecule has 5 rings (SSSR count). The molecule has 0 radical (unpaired) electrons. The first-order chi connectivity index (χ1) is 17.8. The number of carbonyl (C=O) groups excluding carboxylic acids is 1. The maximum Gasteiger partial charge on any atom is 0.311 e. The van der Waals surface area contributed by atoms with Crippen LogP contribution in [0.1, 0.15) is 24.8 Å². The molecule has 0 amide bonds. The molecule has 0 spiro atoms. The van der Waals surface area contributed by atoms with Crippen molar-refractivity contribution in [1.82, 2.24) is 4.90 Å². The summed E-state index contributed by atoms with van der Waals surface area (Å²) in [4.78, 5) is 14.0. The molecule has 2 unspecified atom stereocenters. The largest absolute Gasteiger partial charge is 0.469 e. The number of rotatable bonds is 4. The summed E-state index contributed by atoms with van der Waals surface area (Å²) < 4.78 is 67.7. The summed E-state index contributed by atoms with van der Waals surface area (Å²) in [6.45, 7) is 0. The molecular weight excluding hydrogens is 645 g/mol. The monoisotopic (exact) mass is 673 g/mol. The van der Waals surface area contributed by atoms with Gasteiger partial charge in [-0.2, -0.15) is 16.8 Å². The third-order valence-corrected chi connectivity index (χ3v) is 11.0. The van der Waals surface area contributed by atoms with Gasteiger partial charge in [0.2, 0.25) is 0 Å². The summed E-state index contributed by atoms with van der Waals surface area (Å²) >= 11 is 2.51. The van der Waals surface area contributed by atoms with Crippen molar-refractivity contribution >= 4 is 59.6 Å². The Morgan fingerprint density at radius 1 is 0.895 bits per heavy atom. The third-order valence-electron chi connectivity index (χ3n) is 7.41. The number of piperidine rings is 1. The lowest BCUT2D eigenvalue weighted by molar-refractivity contribution is -0.150. The summed E-state index contributed by atoms with van der Waals surface area (Å²) in [5, 5.41) is 0.0465. The average molecular weight is 674 g/mol. The van der Waals surface area contributed by atoms with Gasteiger partial charge in [-0.15, -0.1) is 0 Å². The van der Waals surface area contributed by atoms with Crippen LogP contribution in [-0.4, -0.2) is 63.1 Å². The number of hydrogen-bond acceptors (Lipinski definition) is 7. The number of carbonyl (C=O) groups is 1. The standard InChI is InChI=1S/C16H20INO2.C10H8O6S2/c1-18-12-8-9-13(18)14(15(19)20-2)16(17,10-12)11-6-4-3-5-7-11;11-17(12,13)9-5-1-3-7-8(9)4-2-6-10(7)18(14,15)16/h3-7,12-14H,8-10H2,1-2H3;1-6H,(H,11,12,13)(H,14,15,16)/t12?,13?,14-,16-;/m1./s1.